The first-order chi connectivity index (χ1) is 5.18. The van der Waals surface area contributed by atoms with E-state index < -0.39 is 0 Å². The van der Waals surface area contributed by atoms with Gasteiger partial charge in [0.2, 0.25) is 0 Å². The summed E-state index contributed by atoms with van der Waals surface area (Å²) in [5.41, 5.74) is 0. The van der Waals surface area contributed by atoms with Crippen molar-refractivity contribution < 1.29 is 4.79 Å². The van der Waals surface area contributed by atoms with Crippen molar-refractivity contribution in [3.8, 4) is 0 Å². The van der Waals surface area contributed by atoms with Crippen molar-refractivity contribution in [2.75, 3.05) is 0 Å². The van der Waals surface area contributed by atoms with Gasteiger partial charge in [0, 0.05) is 16.6 Å². The third kappa shape index (κ3) is 2.93. The van der Waals surface area contributed by atoms with Gasteiger partial charge in [-0.05, 0) is 12.2 Å². The molecule has 1 rings (SSSR count). The number of carbonyl (C=O) groups excluding carboxylic acids is 1. The van der Waals surface area contributed by atoms with Crippen LogP contribution < -0.4 is 0 Å². The maximum Gasteiger partial charge on any atom is 0.159 e. The highest BCUT2D eigenvalue weighted by atomic mass is 32.2. The number of ketones is 1. The van der Waals surface area contributed by atoms with Crippen molar-refractivity contribution in [3.63, 3.8) is 0 Å². The number of allylic oxidation sites excluding steroid dienone is 3. The molecular weight excluding hydrogens is 156 g/mol. The van der Waals surface area contributed by atoms with Gasteiger partial charge in [-0.25, -0.2) is 0 Å². The fraction of sp³-hybridized carbons (Fsp3) is 0.444. The molecule has 0 bridgehead atoms. The summed E-state index contributed by atoms with van der Waals surface area (Å²) in [7, 11) is 0. The zero-order valence-corrected chi connectivity index (χ0v) is 7.65. The Labute approximate surface area is 71.6 Å². The van der Waals surface area contributed by atoms with Gasteiger partial charge in [-0.3, -0.25) is 4.79 Å². The molecular formula is C9H12OS. The van der Waals surface area contributed by atoms with E-state index in [2.05, 4.69) is 13.8 Å². The van der Waals surface area contributed by atoms with E-state index in [-0.39, 0.29) is 5.78 Å². The van der Waals surface area contributed by atoms with Crippen LogP contribution >= 0.6 is 11.8 Å². The molecule has 0 amide bonds. The van der Waals surface area contributed by atoms with Crippen LogP contribution in [0.15, 0.2) is 23.1 Å². The fourth-order valence-corrected chi connectivity index (χ4v) is 1.74. The topological polar surface area (TPSA) is 17.1 Å². The first-order valence-electron chi connectivity index (χ1n) is 3.76. The third-order valence-corrected chi connectivity index (χ3v) is 2.36. The van der Waals surface area contributed by atoms with Crippen molar-refractivity contribution >= 4 is 17.5 Å². The van der Waals surface area contributed by atoms with Gasteiger partial charge in [-0.15, -0.1) is 11.8 Å². The molecule has 0 aromatic rings. The van der Waals surface area contributed by atoms with Crippen LogP contribution in [0.5, 0.6) is 0 Å². The lowest BCUT2D eigenvalue weighted by molar-refractivity contribution is -0.113. The summed E-state index contributed by atoms with van der Waals surface area (Å²) in [6, 6.07) is 0. The smallest absolute Gasteiger partial charge is 0.159 e. The van der Waals surface area contributed by atoms with Gasteiger partial charge in [-0.1, -0.05) is 19.9 Å². The molecule has 1 aliphatic rings. The fourth-order valence-electron chi connectivity index (χ4n) is 0.872. The van der Waals surface area contributed by atoms with E-state index in [4.69, 9.17) is 0 Å². The second kappa shape index (κ2) is 3.77. The average Bonchev–Trinajstić information content (AvgIpc) is 1.93. The van der Waals surface area contributed by atoms with E-state index in [0.29, 0.717) is 11.7 Å². The van der Waals surface area contributed by atoms with Crippen LogP contribution in [0.25, 0.3) is 0 Å². The van der Waals surface area contributed by atoms with Gasteiger partial charge >= 0.3 is 0 Å². The van der Waals surface area contributed by atoms with Crippen LogP contribution in [0.1, 0.15) is 20.3 Å². The summed E-state index contributed by atoms with van der Waals surface area (Å²) < 4.78 is 0. The SMILES string of the molecule is CC(C)SC1=CCC(=O)C=C1. The van der Waals surface area contributed by atoms with E-state index in [9.17, 15) is 4.79 Å². The Bertz CT molecular complexity index is 214. The molecule has 0 aliphatic heterocycles. The minimum absolute atomic E-state index is 0.207. The van der Waals surface area contributed by atoms with Crippen LogP contribution in [0, 0.1) is 0 Å². The van der Waals surface area contributed by atoms with Gasteiger partial charge < -0.3 is 0 Å². The highest BCUT2D eigenvalue weighted by molar-refractivity contribution is 8.03. The molecule has 11 heavy (non-hydrogen) atoms. The summed E-state index contributed by atoms with van der Waals surface area (Å²) >= 11 is 1.80. The molecule has 0 radical (unpaired) electrons. The van der Waals surface area contributed by atoms with Gasteiger partial charge in [-0.2, -0.15) is 0 Å². The normalized spacial score (nSPS) is 17.4. The quantitative estimate of drug-likeness (QED) is 0.630. The molecule has 0 N–H and O–H groups in total. The minimum Gasteiger partial charge on any atom is -0.295 e. The molecule has 0 saturated carbocycles. The monoisotopic (exact) mass is 168 g/mol. The van der Waals surface area contributed by atoms with Crippen LogP contribution in [0.3, 0.4) is 0 Å². The summed E-state index contributed by atoms with van der Waals surface area (Å²) in [5, 5.41) is 0.596. The Hall–Kier alpha value is -0.500. The average molecular weight is 168 g/mol. The number of carbonyl (C=O) groups is 1. The van der Waals surface area contributed by atoms with Crippen LogP contribution in [-0.2, 0) is 4.79 Å². The maximum atomic E-state index is 10.8. The second-order valence-electron chi connectivity index (χ2n) is 2.78. The van der Waals surface area contributed by atoms with Crippen LogP contribution in [0.2, 0.25) is 0 Å². The molecule has 1 aliphatic carbocycles. The Morgan fingerprint density at radius 3 is 2.64 bits per heavy atom. The summed E-state index contributed by atoms with van der Waals surface area (Å²) in [6.45, 7) is 4.30. The molecule has 1 nitrogen and oxygen atoms in total. The number of hydrogen-bond acceptors (Lipinski definition) is 2. The molecule has 0 atom stereocenters. The maximum absolute atomic E-state index is 10.8. The molecule has 2 heteroatoms. The first kappa shape index (κ1) is 8.60. The molecule has 60 valence electrons. The van der Waals surface area contributed by atoms with Crippen molar-refractivity contribution in [2.45, 2.75) is 25.5 Å². The van der Waals surface area contributed by atoms with Gasteiger partial charge in [0.25, 0.3) is 0 Å². The standard InChI is InChI=1S/C9H12OS/c1-7(2)11-9-5-3-8(10)4-6-9/h3,5-7H,4H2,1-2H3. The van der Waals surface area contributed by atoms with Gasteiger partial charge in [0.15, 0.2) is 5.78 Å². The molecule has 0 spiro atoms. The van der Waals surface area contributed by atoms with E-state index in [1.54, 1.807) is 17.8 Å². The molecule has 0 unspecified atom stereocenters. The van der Waals surface area contributed by atoms with E-state index in [1.807, 2.05) is 12.2 Å². The number of rotatable bonds is 2. The summed E-state index contributed by atoms with van der Waals surface area (Å²) in [5.74, 6) is 0.207. The molecule has 0 aromatic heterocycles. The van der Waals surface area contributed by atoms with E-state index in [1.165, 1.54) is 4.91 Å². The van der Waals surface area contributed by atoms with Gasteiger partial charge in [0.05, 0.1) is 0 Å². The molecule has 0 aromatic carbocycles. The van der Waals surface area contributed by atoms with E-state index in [0.717, 1.165) is 0 Å². The lowest BCUT2D eigenvalue weighted by atomic mass is 10.2. The number of thioether (sulfide) groups is 1. The molecule has 0 fully saturated rings. The Balaban J connectivity index is 2.50. The zero-order valence-electron chi connectivity index (χ0n) is 6.83. The summed E-state index contributed by atoms with van der Waals surface area (Å²) in [4.78, 5) is 12.0. The van der Waals surface area contributed by atoms with Crippen molar-refractivity contribution in [3.05, 3.63) is 23.1 Å². The summed E-state index contributed by atoms with van der Waals surface area (Å²) in [6.07, 6.45) is 6.12. The Morgan fingerprint density at radius 2 is 2.18 bits per heavy atom. The molecule has 0 saturated heterocycles. The Morgan fingerprint density at radius 1 is 1.45 bits per heavy atom. The van der Waals surface area contributed by atoms with Gasteiger partial charge in [0.1, 0.15) is 0 Å². The predicted molar refractivity (Wildman–Crippen MR) is 49.6 cm³/mol. The van der Waals surface area contributed by atoms with Crippen molar-refractivity contribution in [1.29, 1.82) is 0 Å². The lowest BCUT2D eigenvalue weighted by Crippen LogP contribution is -1.96. The minimum atomic E-state index is 0.207. The largest absolute Gasteiger partial charge is 0.295 e. The van der Waals surface area contributed by atoms with E-state index >= 15 is 0 Å². The Kier molecular flexibility index (Phi) is 2.94. The highest BCUT2D eigenvalue weighted by Gasteiger charge is 2.04. The highest BCUT2D eigenvalue weighted by Crippen LogP contribution is 2.24. The molecule has 0 heterocycles. The first-order valence-corrected chi connectivity index (χ1v) is 4.64. The van der Waals surface area contributed by atoms with Crippen LogP contribution in [0.4, 0.5) is 0 Å². The second-order valence-corrected chi connectivity index (χ2v) is 4.43. The number of hydrogen-bond donors (Lipinski definition) is 0. The lowest BCUT2D eigenvalue weighted by Gasteiger charge is -2.07. The van der Waals surface area contributed by atoms with Crippen molar-refractivity contribution in [1.82, 2.24) is 0 Å². The zero-order chi connectivity index (χ0) is 8.27. The third-order valence-electron chi connectivity index (χ3n) is 1.31. The predicted octanol–water partition coefficient (Wildman–Crippen LogP) is 2.54. The van der Waals surface area contributed by atoms with Crippen molar-refractivity contribution in [2.24, 2.45) is 0 Å². The van der Waals surface area contributed by atoms with Crippen LogP contribution in [-0.4, -0.2) is 11.0 Å².